The molecule has 2 aliphatic rings. The molecule has 2 aliphatic heterocycles. The van der Waals surface area contributed by atoms with Crippen molar-refractivity contribution >= 4 is 34.8 Å². The van der Waals surface area contributed by atoms with Crippen molar-refractivity contribution < 1.29 is 4.74 Å². The first-order valence-corrected chi connectivity index (χ1v) is 13.4. The molecule has 0 saturated carbocycles. The second-order valence-electron chi connectivity index (χ2n) is 9.37. The fourth-order valence-electron chi connectivity index (χ4n) is 4.72. The number of rotatable bonds is 7. The Kier molecular flexibility index (Phi) is 8.13. The summed E-state index contributed by atoms with van der Waals surface area (Å²) >= 11 is 5.58. The van der Waals surface area contributed by atoms with Crippen LogP contribution in [0.25, 0.3) is 0 Å². The van der Waals surface area contributed by atoms with Gasteiger partial charge in [-0.1, -0.05) is 43.2 Å². The summed E-state index contributed by atoms with van der Waals surface area (Å²) in [6, 6.07) is 20.3. The van der Waals surface area contributed by atoms with E-state index < -0.39 is 0 Å². The van der Waals surface area contributed by atoms with E-state index in [1.54, 1.807) is 0 Å². The van der Waals surface area contributed by atoms with Crippen LogP contribution in [0.15, 0.2) is 60.7 Å². The highest BCUT2D eigenvalue weighted by atomic mass is 32.1. The summed E-state index contributed by atoms with van der Waals surface area (Å²) in [5.41, 5.74) is 2.47. The van der Waals surface area contributed by atoms with Crippen molar-refractivity contribution in [2.75, 3.05) is 41.3 Å². The fraction of sp³-hybridized carbons (Fsp3) is 0.393. The van der Waals surface area contributed by atoms with Gasteiger partial charge in [-0.3, -0.25) is 0 Å². The molecule has 3 aromatic rings. The van der Waals surface area contributed by atoms with Crippen LogP contribution < -0.4 is 25.2 Å². The minimum absolute atomic E-state index is 0.435. The van der Waals surface area contributed by atoms with Gasteiger partial charge in [-0.05, 0) is 67.7 Å². The van der Waals surface area contributed by atoms with Gasteiger partial charge in [0, 0.05) is 44.5 Å². The highest BCUT2D eigenvalue weighted by Gasteiger charge is 2.16. The molecule has 5 rings (SSSR count). The molecule has 2 aromatic carbocycles. The summed E-state index contributed by atoms with van der Waals surface area (Å²) in [5.74, 6) is 2.53. The van der Waals surface area contributed by atoms with E-state index >= 15 is 0 Å². The molecule has 8 heteroatoms. The molecule has 7 nitrogen and oxygen atoms in total. The molecule has 0 unspecified atom stereocenters. The van der Waals surface area contributed by atoms with Gasteiger partial charge in [-0.2, -0.15) is 9.97 Å². The number of thiocarbonyl (C=S) groups is 1. The summed E-state index contributed by atoms with van der Waals surface area (Å²) in [5, 5.41) is 6.94. The fourth-order valence-corrected chi connectivity index (χ4v) is 4.88. The SMILES string of the molecule is S=C(NCc1ccc(N2CCCC2)cc1)Nc1nc(Oc2ccccc2)cc(N2CCCCCC2)n1. The number of para-hydroxylation sites is 1. The number of ether oxygens (including phenoxy) is 1. The number of hydrogen-bond donors (Lipinski definition) is 2. The molecule has 1 aromatic heterocycles. The molecule has 0 radical (unpaired) electrons. The monoisotopic (exact) mass is 502 g/mol. The highest BCUT2D eigenvalue weighted by molar-refractivity contribution is 7.80. The van der Waals surface area contributed by atoms with Gasteiger partial charge < -0.3 is 25.2 Å². The third-order valence-corrected chi connectivity index (χ3v) is 6.92. The third-order valence-electron chi connectivity index (χ3n) is 6.67. The molecule has 0 bridgehead atoms. The summed E-state index contributed by atoms with van der Waals surface area (Å²) < 4.78 is 6.06. The van der Waals surface area contributed by atoms with Crippen LogP contribution >= 0.6 is 12.2 Å². The van der Waals surface area contributed by atoms with E-state index in [2.05, 4.69) is 49.7 Å². The average Bonchev–Trinajstić information content (AvgIpc) is 3.30. The maximum absolute atomic E-state index is 6.06. The Bertz CT molecular complexity index is 1130. The normalized spacial score (nSPS) is 15.9. The zero-order chi connectivity index (χ0) is 24.6. The number of aromatic nitrogens is 2. The van der Waals surface area contributed by atoms with E-state index in [1.165, 1.54) is 36.9 Å². The summed E-state index contributed by atoms with van der Waals surface area (Å²) in [6.07, 6.45) is 7.40. The Labute approximate surface area is 218 Å². The van der Waals surface area contributed by atoms with Gasteiger partial charge >= 0.3 is 0 Å². The smallest absolute Gasteiger partial charge is 0.234 e. The third kappa shape index (κ3) is 6.63. The van der Waals surface area contributed by atoms with Crippen molar-refractivity contribution in [3.63, 3.8) is 0 Å². The van der Waals surface area contributed by atoms with Crippen LogP contribution in [0.3, 0.4) is 0 Å². The van der Waals surface area contributed by atoms with E-state index in [9.17, 15) is 0 Å². The van der Waals surface area contributed by atoms with Gasteiger partial charge in [0.15, 0.2) is 5.11 Å². The number of hydrogen-bond acceptors (Lipinski definition) is 6. The summed E-state index contributed by atoms with van der Waals surface area (Å²) in [7, 11) is 0. The lowest BCUT2D eigenvalue weighted by atomic mass is 10.2. The van der Waals surface area contributed by atoms with Crippen LogP contribution in [0.4, 0.5) is 17.5 Å². The van der Waals surface area contributed by atoms with Crippen LogP contribution in [0.5, 0.6) is 11.6 Å². The topological polar surface area (TPSA) is 65.6 Å². The van der Waals surface area contributed by atoms with Crippen molar-refractivity contribution in [2.45, 2.75) is 45.1 Å². The molecule has 36 heavy (non-hydrogen) atoms. The molecule has 2 fully saturated rings. The predicted molar refractivity (Wildman–Crippen MR) is 150 cm³/mol. The van der Waals surface area contributed by atoms with Crippen LogP contribution in [-0.2, 0) is 6.54 Å². The van der Waals surface area contributed by atoms with Crippen LogP contribution in [0.1, 0.15) is 44.1 Å². The van der Waals surface area contributed by atoms with E-state index in [0.29, 0.717) is 23.5 Å². The number of anilines is 3. The number of nitrogens with zero attached hydrogens (tertiary/aromatic N) is 4. The van der Waals surface area contributed by atoms with E-state index in [1.807, 2.05) is 36.4 Å². The van der Waals surface area contributed by atoms with Gasteiger partial charge in [0.05, 0.1) is 0 Å². The van der Waals surface area contributed by atoms with E-state index in [-0.39, 0.29) is 0 Å². The van der Waals surface area contributed by atoms with Crippen molar-refractivity contribution in [1.82, 2.24) is 15.3 Å². The molecule has 0 atom stereocenters. The van der Waals surface area contributed by atoms with E-state index in [0.717, 1.165) is 50.6 Å². The Morgan fingerprint density at radius 1 is 0.806 bits per heavy atom. The number of benzene rings is 2. The molecular weight excluding hydrogens is 468 g/mol. The molecule has 2 N–H and O–H groups in total. The van der Waals surface area contributed by atoms with Crippen LogP contribution in [0.2, 0.25) is 0 Å². The second kappa shape index (κ2) is 12.0. The Hall–Kier alpha value is -3.39. The van der Waals surface area contributed by atoms with Crippen molar-refractivity contribution in [2.24, 2.45) is 0 Å². The highest BCUT2D eigenvalue weighted by Crippen LogP contribution is 2.26. The van der Waals surface area contributed by atoms with Crippen molar-refractivity contribution in [3.05, 3.63) is 66.2 Å². The standard InChI is InChI=1S/C28H34N6OS/c36-28(29-21-22-12-14-23(15-13-22)33-16-8-9-17-33)32-27-30-25(34-18-6-1-2-7-19-34)20-26(31-27)35-24-10-4-3-5-11-24/h3-5,10-15,20H,1-2,6-9,16-19,21H2,(H2,29,30,31,32,36). The van der Waals surface area contributed by atoms with Crippen LogP contribution in [0, 0.1) is 0 Å². The van der Waals surface area contributed by atoms with Gasteiger partial charge in [-0.25, -0.2) is 0 Å². The van der Waals surface area contributed by atoms with Gasteiger partial charge in [0.2, 0.25) is 11.8 Å². The molecule has 188 valence electrons. The number of nitrogens with one attached hydrogen (secondary N) is 2. The Morgan fingerprint density at radius 2 is 1.47 bits per heavy atom. The lowest BCUT2D eigenvalue weighted by Crippen LogP contribution is -2.30. The minimum Gasteiger partial charge on any atom is -0.439 e. The molecular formula is C28H34N6OS. The van der Waals surface area contributed by atoms with Gasteiger partial charge in [0.25, 0.3) is 0 Å². The molecule has 0 spiro atoms. The predicted octanol–water partition coefficient (Wildman–Crippen LogP) is 5.74. The zero-order valence-corrected chi connectivity index (χ0v) is 21.5. The summed E-state index contributed by atoms with van der Waals surface area (Å²) in [6.45, 7) is 4.90. The largest absolute Gasteiger partial charge is 0.439 e. The Balaban J connectivity index is 1.25. The lowest BCUT2D eigenvalue weighted by Gasteiger charge is -2.22. The first-order chi connectivity index (χ1) is 17.7. The second-order valence-corrected chi connectivity index (χ2v) is 9.78. The Morgan fingerprint density at radius 3 is 2.19 bits per heavy atom. The molecule has 2 saturated heterocycles. The average molecular weight is 503 g/mol. The van der Waals surface area contributed by atoms with Gasteiger partial charge in [-0.15, -0.1) is 0 Å². The quantitative estimate of drug-likeness (QED) is 0.397. The maximum atomic E-state index is 6.06. The minimum atomic E-state index is 0.435. The van der Waals surface area contributed by atoms with Crippen LogP contribution in [-0.4, -0.2) is 41.3 Å². The molecule has 3 heterocycles. The first-order valence-electron chi connectivity index (χ1n) is 13.0. The maximum Gasteiger partial charge on any atom is 0.234 e. The van der Waals surface area contributed by atoms with Gasteiger partial charge in [0.1, 0.15) is 11.6 Å². The lowest BCUT2D eigenvalue weighted by molar-refractivity contribution is 0.462. The molecule has 0 aliphatic carbocycles. The van der Waals surface area contributed by atoms with Crippen molar-refractivity contribution in [1.29, 1.82) is 0 Å². The molecule has 0 amide bonds. The van der Waals surface area contributed by atoms with E-state index in [4.69, 9.17) is 21.9 Å². The van der Waals surface area contributed by atoms with Crippen molar-refractivity contribution in [3.8, 4) is 11.6 Å². The first kappa shape index (κ1) is 24.3. The summed E-state index contributed by atoms with van der Waals surface area (Å²) in [4.78, 5) is 14.1. The zero-order valence-electron chi connectivity index (χ0n) is 20.7.